The first-order valence-corrected chi connectivity index (χ1v) is 6.47. The highest BCUT2D eigenvalue weighted by Crippen LogP contribution is 2.32. The number of nitrogen functional groups attached to an aromatic ring is 1. The van der Waals surface area contributed by atoms with Crippen LogP contribution in [-0.2, 0) is 18.0 Å². The van der Waals surface area contributed by atoms with Gasteiger partial charge in [-0.15, -0.1) is 0 Å². The molecule has 0 aliphatic carbocycles. The van der Waals surface area contributed by atoms with Gasteiger partial charge in [-0.1, -0.05) is 17.7 Å². The SMILES string of the molecule is Nc1ccc(Cl)c(COCc2ccc3c(c2)OCO3)n1. The van der Waals surface area contributed by atoms with Gasteiger partial charge in [0.1, 0.15) is 5.82 Å². The average molecular weight is 293 g/mol. The van der Waals surface area contributed by atoms with Crippen LogP contribution in [0.5, 0.6) is 11.5 Å². The van der Waals surface area contributed by atoms with E-state index in [1.54, 1.807) is 12.1 Å². The lowest BCUT2D eigenvalue weighted by Crippen LogP contribution is -2.00. The van der Waals surface area contributed by atoms with Gasteiger partial charge < -0.3 is 19.9 Å². The van der Waals surface area contributed by atoms with Crippen LogP contribution in [-0.4, -0.2) is 11.8 Å². The number of hydrogen-bond acceptors (Lipinski definition) is 5. The highest BCUT2D eigenvalue weighted by Gasteiger charge is 2.13. The van der Waals surface area contributed by atoms with E-state index >= 15 is 0 Å². The number of pyridine rings is 1. The van der Waals surface area contributed by atoms with Gasteiger partial charge >= 0.3 is 0 Å². The molecule has 0 unspecified atom stereocenters. The number of rotatable bonds is 4. The van der Waals surface area contributed by atoms with Crippen molar-refractivity contribution in [2.75, 3.05) is 12.5 Å². The maximum Gasteiger partial charge on any atom is 0.231 e. The molecule has 1 aromatic carbocycles. The minimum absolute atomic E-state index is 0.266. The van der Waals surface area contributed by atoms with Crippen molar-refractivity contribution in [1.82, 2.24) is 4.98 Å². The Morgan fingerprint density at radius 1 is 1.15 bits per heavy atom. The molecule has 0 saturated heterocycles. The van der Waals surface area contributed by atoms with Crippen molar-refractivity contribution in [3.63, 3.8) is 0 Å². The standard InChI is InChI=1S/C14H13ClN2O3/c15-10-2-4-14(16)17-11(10)7-18-6-9-1-3-12-13(5-9)20-8-19-12/h1-5H,6-8H2,(H2,16,17). The molecule has 2 N–H and O–H groups in total. The maximum absolute atomic E-state index is 6.02. The van der Waals surface area contributed by atoms with Crippen molar-refractivity contribution >= 4 is 17.4 Å². The number of anilines is 1. The number of nitrogens with zero attached hydrogens (tertiary/aromatic N) is 1. The molecule has 0 spiro atoms. The molecule has 1 aliphatic rings. The summed E-state index contributed by atoms with van der Waals surface area (Å²) in [6, 6.07) is 9.07. The van der Waals surface area contributed by atoms with E-state index in [0.717, 1.165) is 17.1 Å². The van der Waals surface area contributed by atoms with E-state index in [1.807, 2.05) is 18.2 Å². The van der Waals surface area contributed by atoms with E-state index in [1.165, 1.54) is 0 Å². The van der Waals surface area contributed by atoms with Crippen LogP contribution >= 0.6 is 11.6 Å². The van der Waals surface area contributed by atoms with Crippen LogP contribution in [0.4, 0.5) is 5.82 Å². The van der Waals surface area contributed by atoms with Gasteiger partial charge in [0.15, 0.2) is 11.5 Å². The molecule has 104 valence electrons. The zero-order valence-corrected chi connectivity index (χ0v) is 11.4. The predicted molar refractivity (Wildman–Crippen MR) is 74.7 cm³/mol. The molecule has 0 saturated carbocycles. The first-order chi connectivity index (χ1) is 9.72. The Morgan fingerprint density at radius 2 is 2.00 bits per heavy atom. The Bertz CT molecular complexity index is 634. The van der Waals surface area contributed by atoms with Crippen LogP contribution in [0.3, 0.4) is 0 Å². The van der Waals surface area contributed by atoms with Crippen LogP contribution in [0, 0.1) is 0 Å². The second-order valence-electron chi connectivity index (χ2n) is 4.35. The second kappa shape index (κ2) is 5.56. The van der Waals surface area contributed by atoms with Gasteiger partial charge in [-0.05, 0) is 29.8 Å². The van der Waals surface area contributed by atoms with Crippen molar-refractivity contribution in [2.45, 2.75) is 13.2 Å². The van der Waals surface area contributed by atoms with Crippen LogP contribution in [0.15, 0.2) is 30.3 Å². The zero-order chi connectivity index (χ0) is 13.9. The molecule has 3 rings (SSSR count). The fourth-order valence-electron chi connectivity index (χ4n) is 1.90. The fraction of sp³-hybridized carbons (Fsp3) is 0.214. The van der Waals surface area contributed by atoms with Crippen molar-refractivity contribution in [2.24, 2.45) is 0 Å². The fourth-order valence-corrected chi connectivity index (χ4v) is 2.06. The summed E-state index contributed by atoms with van der Waals surface area (Å²) in [5, 5.41) is 0.546. The van der Waals surface area contributed by atoms with Gasteiger partial charge in [0, 0.05) is 0 Å². The Morgan fingerprint density at radius 3 is 2.90 bits per heavy atom. The molecule has 0 fully saturated rings. The van der Waals surface area contributed by atoms with E-state index in [9.17, 15) is 0 Å². The number of nitrogens with two attached hydrogens (primary N) is 1. The van der Waals surface area contributed by atoms with Gasteiger partial charge in [0.2, 0.25) is 6.79 Å². The Balaban J connectivity index is 1.61. The quantitative estimate of drug-likeness (QED) is 0.938. The summed E-state index contributed by atoms with van der Waals surface area (Å²) < 4.78 is 16.2. The summed E-state index contributed by atoms with van der Waals surface area (Å²) in [5.41, 5.74) is 7.24. The van der Waals surface area contributed by atoms with Gasteiger partial charge in [0.05, 0.1) is 23.9 Å². The number of benzene rings is 1. The molecule has 20 heavy (non-hydrogen) atoms. The van der Waals surface area contributed by atoms with Crippen molar-refractivity contribution in [3.8, 4) is 11.5 Å². The van der Waals surface area contributed by atoms with Crippen molar-refractivity contribution in [3.05, 3.63) is 46.6 Å². The lowest BCUT2D eigenvalue weighted by Gasteiger charge is -2.07. The summed E-state index contributed by atoms with van der Waals surface area (Å²) in [5.74, 6) is 1.93. The number of halogens is 1. The summed E-state index contributed by atoms with van der Waals surface area (Å²) in [6.07, 6.45) is 0. The molecule has 0 bridgehead atoms. The largest absolute Gasteiger partial charge is 0.454 e. The topological polar surface area (TPSA) is 66.6 Å². The smallest absolute Gasteiger partial charge is 0.231 e. The lowest BCUT2D eigenvalue weighted by molar-refractivity contribution is 0.104. The normalized spacial score (nSPS) is 12.7. The van der Waals surface area contributed by atoms with Crippen molar-refractivity contribution < 1.29 is 14.2 Å². The van der Waals surface area contributed by atoms with E-state index in [4.69, 9.17) is 31.5 Å². The molecule has 0 radical (unpaired) electrons. The summed E-state index contributed by atoms with van der Waals surface area (Å²) in [4.78, 5) is 4.14. The number of hydrogen-bond donors (Lipinski definition) is 1. The molecule has 6 heteroatoms. The third kappa shape index (κ3) is 2.79. The molecule has 1 aromatic heterocycles. The maximum atomic E-state index is 6.02. The number of fused-ring (bicyclic) bond motifs is 1. The van der Waals surface area contributed by atoms with Gasteiger partial charge in [-0.2, -0.15) is 0 Å². The molecule has 2 heterocycles. The molecule has 5 nitrogen and oxygen atoms in total. The third-order valence-electron chi connectivity index (χ3n) is 2.88. The molecule has 1 aliphatic heterocycles. The highest BCUT2D eigenvalue weighted by atomic mass is 35.5. The Labute approximate surface area is 121 Å². The average Bonchev–Trinajstić information content (AvgIpc) is 2.90. The van der Waals surface area contributed by atoms with Crippen LogP contribution in [0.2, 0.25) is 5.02 Å². The van der Waals surface area contributed by atoms with Gasteiger partial charge in [-0.25, -0.2) is 4.98 Å². The Kier molecular flexibility index (Phi) is 3.62. The highest BCUT2D eigenvalue weighted by molar-refractivity contribution is 6.31. The van der Waals surface area contributed by atoms with E-state index in [-0.39, 0.29) is 6.79 Å². The van der Waals surface area contributed by atoms with Gasteiger partial charge in [0.25, 0.3) is 0 Å². The van der Waals surface area contributed by atoms with E-state index in [2.05, 4.69) is 4.98 Å². The van der Waals surface area contributed by atoms with Crippen LogP contribution in [0.25, 0.3) is 0 Å². The lowest BCUT2D eigenvalue weighted by atomic mass is 10.2. The molecular weight excluding hydrogens is 280 g/mol. The number of ether oxygens (including phenoxy) is 3. The predicted octanol–water partition coefficient (Wildman–Crippen LogP) is 2.76. The minimum Gasteiger partial charge on any atom is -0.454 e. The minimum atomic E-state index is 0.266. The van der Waals surface area contributed by atoms with E-state index < -0.39 is 0 Å². The molecule has 0 atom stereocenters. The van der Waals surface area contributed by atoms with E-state index in [0.29, 0.717) is 29.7 Å². The summed E-state index contributed by atoms with van der Waals surface area (Å²) in [6.45, 7) is 1.00. The summed E-state index contributed by atoms with van der Waals surface area (Å²) in [7, 11) is 0. The number of aromatic nitrogens is 1. The summed E-state index contributed by atoms with van der Waals surface area (Å²) >= 11 is 6.02. The van der Waals surface area contributed by atoms with Crippen molar-refractivity contribution in [1.29, 1.82) is 0 Å². The molecule has 2 aromatic rings. The first-order valence-electron chi connectivity index (χ1n) is 6.09. The third-order valence-corrected chi connectivity index (χ3v) is 3.23. The molecular formula is C14H13ClN2O3. The zero-order valence-electron chi connectivity index (χ0n) is 10.6. The van der Waals surface area contributed by atoms with Crippen LogP contribution in [0.1, 0.15) is 11.3 Å². The molecule has 0 amide bonds. The first kappa shape index (κ1) is 13.0. The monoisotopic (exact) mass is 292 g/mol. The van der Waals surface area contributed by atoms with Gasteiger partial charge in [-0.3, -0.25) is 0 Å². The van der Waals surface area contributed by atoms with Crippen LogP contribution < -0.4 is 15.2 Å². The Hall–Kier alpha value is -1.98. The second-order valence-corrected chi connectivity index (χ2v) is 4.75.